The van der Waals surface area contributed by atoms with Gasteiger partial charge in [0.2, 0.25) is 0 Å². The molecular weight excluding hydrogens is 212 g/mol. The summed E-state index contributed by atoms with van der Waals surface area (Å²) in [7, 11) is 0. The molecule has 3 heteroatoms. The number of thiol groups is 1. The predicted molar refractivity (Wildman–Crippen MR) is 65.6 cm³/mol. The molecule has 0 amide bonds. The van der Waals surface area contributed by atoms with E-state index in [1.165, 1.54) is 4.88 Å². The summed E-state index contributed by atoms with van der Waals surface area (Å²) in [6.07, 6.45) is 1.60. The highest BCUT2D eigenvalue weighted by Gasteiger charge is 2.10. The van der Waals surface area contributed by atoms with Gasteiger partial charge in [-0.25, -0.2) is 0 Å². The fourth-order valence-electron chi connectivity index (χ4n) is 1.17. The molecule has 0 radical (unpaired) electrons. The Morgan fingerprint density at radius 3 is 2.79 bits per heavy atom. The van der Waals surface area contributed by atoms with Crippen molar-refractivity contribution < 1.29 is 4.79 Å². The van der Waals surface area contributed by atoms with Crippen LogP contribution in [0.4, 0.5) is 0 Å². The van der Waals surface area contributed by atoms with E-state index in [0.29, 0.717) is 12.3 Å². The smallest absolute Gasteiger partial charge is 0.151 e. The van der Waals surface area contributed by atoms with Crippen LogP contribution < -0.4 is 0 Å². The third kappa shape index (κ3) is 2.72. The molecule has 0 spiro atoms. The number of carbonyl (C=O) groups is 1. The van der Waals surface area contributed by atoms with E-state index in [1.807, 2.05) is 6.07 Å². The molecule has 0 unspecified atom stereocenters. The molecule has 1 aromatic rings. The van der Waals surface area contributed by atoms with Gasteiger partial charge in [-0.15, -0.1) is 24.0 Å². The number of thiophene rings is 1. The maximum absolute atomic E-state index is 10.8. The lowest BCUT2D eigenvalue weighted by atomic mass is 10.1. The van der Waals surface area contributed by atoms with E-state index in [9.17, 15) is 4.79 Å². The molecule has 0 aliphatic rings. The second-order valence-electron chi connectivity index (χ2n) is 3.54. The van der Waals surface area contributed by atoms with E-state index >= 15 is 0 Å². The van der Waals surface area contributed by atoms with Crippen molar-refractivity contribution in [3.63, 3.8) is 0 Å². The van der Waals surface area contributed by atoms with Crippen LogP contribution >= 0.6 is 24.0 Å². The molecule has 0 aliphatic heterocycles. The third-order valence-corrected chi connectivity index (χ3v) is 3.53. The normalized spacial score (nSPS) is 10.6. The van der Waals surface area contributed by atoms with Crippen molar-refractivity contribution >= 4 is 30.3 Å². The minimum atomic E-state index is 0.473. The zero-order valence-corrected chi connectivity index (χ0v) is 10.1. The van der Waals surface area contributed by atoms with Crippen molar-refractivity contribution in [3.8, 4) is 0 Å². The lowest BCUT2D eigenvalue weighted by Gasteiger charge is -1.98. The van der Waals surface area contributed by atoms with Crippen molar-refractivity contribution in [2.45, 2.75) is 26.2 Å². The average Bonchev–Trinajstić information content (AvgIpc) is 2.46. The van der Waals surface area contributed by atoms with E-state index in [2.05, 4.69) is 33.1 Å². The van der Waals surface area contributed by atoms with Crippen LogP contribution in [0.25, 0.3) is 0 Å². The van der Waals surface area contributed by atoms with Crippen LogP contribution in [0, 0.1) is 0 Å². The summed E-state index contributed by atoms with van der Waals surface area (Å²) >= 11 is 5.83. The van der Waals surface area contributed by atoms with E-state index in [0.717, 1.165) is 21.6 Å². The molecule has 0 bridgehead atoms. The largest absolute Gasteiger partial charge is 0.298 e. The Hall–Kier alpha value is -0.540. The van der Waals surface area contributed by atoms with E-state index in [4.69, 9.17) is 0 Å². The molecule has 0 atom stereocenters. The van der Waals surface area contributed by atoms with Gasteiger partial charge in [-0.1, -0.05) is 20.4 Å². The molecule has 76 valence electrons. The van der Waals surface area contributed by atoms with E-state index < -0.39 is 0 Å². The number of allylic oxidation sites excluding steroid dienone is 1. The minimum absolute atomic E-state index is 0.473. The van der Waals surface area contributed by atoms with Crippen LogP contribution in [0.2, 0.25) is 0 Å². The number of carbonyl (C=O) groups excluding carboxylic acids is 1. The molecule has 0 N–H and O–H groups in total. The molecule has 1 rings (SSSR count). The van der Waals surface area contributed by atoms with Crippen LogP contribution in [0.15, 0.2) is 17.6 Å². The first-order valence-corrected chi connectivity index (χ1v) is 5.75. The van der Waals surface area contributed by atoms with Gasteiger partial charge < -0.3 is 0 Å². The lowest BCUT2D eigenvalue weighted by molar-refractivity contribution is 0.112. The first kappa shape index (κ1) is 11.5. The summed E-state index contributed by atoms with van der Waals surface area (Å²) in [5, 5.41) is 0. The Balaban J connectivity index is 3.02. The van der Waals surface area contributed by atoms with Gasteiger partial charge in [0.1, 0.15) is 0 Å². The first-order valence-electron chi connectivity index (χ1n) is 4.49. The molecule has 0 aromatic carbocycles. The number of rotatable bonds is 4. The molecule has 0 aliphatic carbocycles. The van der Waals surface area contributed by atoms with Crippen molar-refractivity contribution in [1.82, 2.24) is 0 Å². The van der Waals surface area contributed by atoms with Gasteiger partial charge in [-0.05, 0) is 16.9 Å². The Bertz CT molecular complexity index is 350. The van der Waals surface area contributed by atoms with Crippen molar-refractivity contribution in [2.75, 3.05) is 0 Å². The van der Waals surface area contributed by atoms with Gasteiger partial charge in [-0.2, -0.15) is 0 Å². The van der Waals surface area contributed by atoms with Crippen molar-refractivity contribution in [3.05, 3.63) is 32.9 Å². The second kappa shape index (κ2) is 4.80. The Morgan fingerprint density at radius 1 is 1.71 bits per heavy atom. The Morgan fingerprint density at radius 2 is 2.36 bits per heavy atom. The summed E-state index contributed by atoms with van der Waals surface area (Å²) in [6, 6.07) is 1.97. The highest BCUT2D eigenvalue weighted by Crippen LogP contribution is 2.29. The fourth-order valence-corrected chi connectivity index (χ4v) is 2.61. The molecule has 14 heavy (non-hydrogen) atoms. The Kier molecular flexibility index (Phi) is 3.96. The standard InChI is InChI=1S/C11H14OS2/c1-7(2)10-5-9(6-12)11(14-10)4-8(3)13/h5-7,13H,3-4H2,1-2H3. The molecular formula is C11H14OS2. The molecule has 0 fully saturated rings. The van der Waals surface area contributed by atoms with Crippen molar-refractivity contribution in [2.24, 2.45) is 0 Å². The molecule has 1 heterocycles. The monoisotopic (exact) mass is 226 g/mol. The number of aldehydes is 1. The molecule has 0 saturated carbocycles. The topological polar surface area (TPSA) is 17.1 Å². The highest BCUT2D eigenvalue weighted by atomic mass is 32.1. The fraction of sp³-hybridized carbons (Fsp3) is 0.364. The summed E-state index contributed by atoms with van der Waals surface area (Å²) in [4.78, 5) is 13.9. The zero-order chi connectivity index (χ0) is 10.7. The van der Waals surface area contributed by atoms with Gasteiger partial charge in [0.25, 0.3) is 0 Å². The van der Waals surface area contributed by atoms with Crippen LogP contribution in [-0.4, -0.2) is 6.29 Å². The minimum Gasteiger partial charge on any atom is -0.298 e. The van der Waals surface area contributed by atoms with Gasteiger partial charge in [-0.3, -0.25) is 4.79 Å². The van der Waals surface area contributed by atoms with Crippen LogP contribution in [0.3, 0.4) is 0 Å². The van der Waals surface area contributed by atoms with Gasteiger partial charge in [0, 0.05) is 21.7 Å². The first-order chi connectivity index (χ1) is 6.54. The third-order valence-electron chi connectivity index (χ3n) is 1.92. The maximum Gasteiger partial charge on any atom is 0.151 e. The molecule has 0 saturated heterocycles. The summed E-state index contributed by atoms with van der Waals surface area (Å²) in [5.74, 6) is 0.473. The highest BCUT2D eigenvalue weighted by molar-refractivity contribution is 7.84. The molecule has 1 nitrogen and oxygen atoms in total. The van der Waals surface area contributed by atoms with Gasteiger partial charge >= 0.3 is 0 Å². The SMILES string of the molecule is C=C(S)Cc1sc(C(C)C)cc1C=O. The quantitative estimate of drug-likeness (QED) is 0.612. The second-order valence-corrected chi connectivity index (χ2v) is 5.34. The van der Waals surface area contributed by atoms with Crippen LogP contribution in [-0.2, 0) is 6.42 Å². The summed E-state index contributed by atoms with van der Waals surface area (Å²) in [6.45, 7) is 7.98. The van der Waals surface area contributed by atoms with E-state index in [1.54, 1.807) is 11.3 Å². The van der Waals surface area contributed by atoms with Crippen LogP contribution in [0.5, 0.6) is 0 Å². The van der Waals surface area contributed by atoms with Gasteiger partial charge in [0.15, 0.2) is 6.29 Å². The van der Waals surface area contributed by atoms with E-state index in [-0.39, 0.29) is 0 Å². The summed E-state index contributed by atoms with van der Waals surface area (Å²) in [5.41, 5.74) is 0.786. The molecule has 1 aromatic heterocycles. The van der Waals surface area contributed by atoms with Gasteiger partial charge in [0.05, 0.1) is 0 Å². The Labute approximate surface area is 94.3 Å². The maximum atomic E-state index is 10.8. The lowest BCUT2D eigenvalue weighted by Crippen LogP contribution is -1.84. The van der Waals surface area contributed by atoms with Crippen molar-refractivity contribution in [1.29, 1.82) is 0 Å². The summed E-state index contributed by atoms with van der Waals surface area (Å²) < 4.78 is 0. The average molecular weight is 226 g/mol. The number of hydrogen-bond donors (Lipinski definition) is 1. The predicted octanol–water partition coefficient (Wildman–Crippen LogP) is 3.67. The number of hydrogen-bond acceptors (Lipinski definition) is 3. The van der Waals surface area contributed by atoms with Crippen LogP contribution in [0.1, 0.15) is 39.9 Å². The zero-order valence-electron chi connectivity index (χ0n) is 8.41.